The molecular formula is C55H44N2. The molecule has 0 spiro atoms. The average Bonchev–Trinajstić information content (AvgIpc) is 3.72. The summed E-state index contributed by atoms with van der Waals surface area (Å²) < 4.78 is 2.39. The minimum Gasteiger partial charge on any atom is -0.310 e. The molecule has 9 aromatic rings. The minimum absolute atomic E-state index is 0.141. The highest BCUT2D eigenvalue weighted by Crippen LogP contribution is 2.53. The molecule has 57 heavy (non-hydrogen) atoms. The van der Waals surface area contributed by atoms with Crippen molar-refractivity contribution in [3.05, 3.63) is 204 Å². The number of rotatable bonds is 6. The summed E-state index contributed by atoms with van der Waals surface area (Å²) in [6.07, 6.45) is 4.98. The monoisotopic (exact) mass is 732 g/mol. The molecule has 2 aliphatic rings. The van der Waals surface area contributed by atoms with Gasteiger partial charge in [0.25, 0.3) is 0 Å². The Balaban J connectivity index is 1.09. The minimum atomic E-state index is -0.141. The Morgan fingerprint density at radius 2 is 1.04 bits per heavy atom. The van der Waals surface area contributed by atoms with E-state index in [4.69, 9.17) is 0 Å². The maximum atomic E-state index is 2.48. The maximum absolute atomic E-state index is 2.48. The molecule has 0 bridgehead atoms. The number of aromatic nitrogens is 1. The van der Waals surface area contributed by atoms with Gasteiger partial charge in [-0.3, -0.25) is 0 Å². The van der Waals surface area contributed by atoms with Crippen LogP contribution in [0.1, 0.15) is 48.9 Å². The van der Waals surface area contributed by atoms with Crippen molar-refractivity contribution in [2.45, 2.75) is 44.9 Å². The molecule has 0 saturated heterocycles. The first kappa shape index (κ1) is 33.7. The van der Waals surface area contributed by atoms with Crippen LogP contribution in [-0.4, -0.2) is 4.57 Å². The molecule has 1 heterocycles. The van der Waals surface area contributed by atoms with Crippen LogP contribution in [-0.2, 0) is 18.3 Å². The van der Waals surface area contributed by atoms with Crippen LogP contribution in [0.4, 0.5) is 17.1 Å². The SMILES string of the molecule is CC1(C)c2ccccc2-c2cc(-c3ccc(-c4ccc5c(c4)CCCC5)cc3)c(N(c3ccccc3)c3ccc(-n4c5ccccc5c5ccccc54)cc3)cc21. The smallest absolute Gasteiger partial charge is 0.0543 e. The predicted molar refractivity (Wildman–Crippen MR) is 241 cm³/mol. The van der Waals surface area contributed by atoms with Gasteiger partial charge < -0.3 is 9.47 Å². The van der Waals surface area contributed by atoms with Gasteiger partial charge in [0.05, 0.1) is 16.7 Å². The van der Waals surface area contributed by atoms with Crippen molar-refractivity contribution in [3.8, 4) is 39.1 Å². The quantitative estimate of drug-likeness (QED) is 0.165. The summed E-state index contributed by atoms with van der Waals surface area (Å²) in [6, 6.07) is 67.8. The van der Waals surface area contributed by atoms with Crippen molar-refractivity contribution >= 4 is 38.9 Å². The fourth-order valence-corrected chi connectivity index (χ4v) is 9.86. The van der Waals surface area contributed by atoms with Crippen molar-refractivity contribution in [3.63, 3.8) is 0 Å². The van der Waals surface area contributed by atoms with Crippen LogP contribution in [0.3, 0.4) is 0 Å². The summed E-state index contributed by atoms with van der Waals surface area (Å²) in [4.78, 5) is 2.46. The third kappa shape index (κ3) is 5.46. The second-order valence-electron chi connectivity index (χ2n) is 16.4. The van der Waals surface area contributed by atoms with Crippen LogP contribution in [0.5, 0.6) is 0 Å². The lowest BCUT2D eigenvalue weighted by Crippen LogP contribution is -2.17. The Hall–Kier alpha value is -6.64. The van der Waals surface area contributed by atoms with Crippen molar-refractivity contribution in [2.75, 3.05) is 4.90 Å². The second-order valence-corrected chi connectivity index (χ2v) is 16.4. The van der Waals surface area contributed by atoms with Crippen LogP contribution in [0, 0.1) is 0 Å². The normalized spacial score (nSPS) is 14.0. The van der Waals surface area contributed by atoms with Gasteiger partial charge in [-0.2, -0.15) is 0 Å². The first-order valence-corrected chi connectivity index (χ1v) is 20.5. The van der Waals surface area contributed by atoms with Crippen LogP contribution in [0.15, 0.2) is 182 Å². The number of anilines is 3. The van der Waals surface area contributed by atoms with E-state index in [1.165, 1.54) is 109 Å². The van der Waals surface area contributed by atoms with Gasteiger partial charge in [0.1, 0.15) is 0 Å². The van der Waals surface area contributed by atoms with E-state index in [0.717, 1.165) is 17.1 Å². The lowest BCUT2D eigenvalue weighted by molar-refractivity contribution is 0.660. The molecule has 1 aromatic heterocycles. The average molecular weight is 733 g/mol. The van der Waals surface area contributed by atoms with E-state index in [-0.39, 0.29) is 5.41 Å². The van der Waals surface area contributed by atoms with Crippen molar-refractivity contribution in [1.82, 2.24) is 4.57 Å². The van der Waals surface area contributed by atoms with Crippen LogP contribution in [0.25, 0.3) is 60.9 Å². The van der Waals surface area contributed by atoms with E-state index in [1.807, 2.05) is 0 Å². The summed E-state index contributed by atoms with van der Waals surface area (Å²) in [6.45, 7) is 4.75. The van der Waals surface area contributed by atoms with E-state index < -0.39 is 0 Å². The summed E-state index contributed by atoms with van der Waals surface area (Å²) in [5, 5.41) is 2.54. The zero-order valence-electron chi connectivity index (χ0n) is 32.5. The fraction of sp³-hybridized carbons (Fsp3) is 0.127. The van der Waals surface area contributed by atoms with Gasteiger partial charge in [0.2, 0.25) is 0 Å². The first-order valence-electron chi connectivity index (χ1n) is 20.5. The molecule has 0 aliphatic heterocycles. The van der Waals surface area contributed by atoms with E-state index >= 15 is 0 Å². The Morgan fingerprint density at radius 1 is 0.439 bits per heavy atom. The summed E-state index contributed by atoms with van der Waals surface area (Å²) >= 11 is 0. The summed E-state index contributed by atoms with van der Waals surface area (Å²) in [7, 11) is 0. The lowest BCUT2D eigenvalue weighted by Gasteiger charge is -2.30. The van der Waals surface area contributed by atoms with Crippen molar-refractivity contribution in [2.24, 2.45) is 0 Å². The molecule has 0 N–H and O–H groups in total. The van der Waals surface area contributed by atoms with Gasteiger partial charge in [0, 0.05) is 38.8 Å². The number of aryl methyl sites for hydroxylation is 2. The molecule has 2 heteroatoms. The predicted octanol–water partition coefficient (Wildman–Crippen LogP) is 14.8. The molecule has 2 nitrogen and oxygen atoms in total. The number of hydrogen-bond donors (Lipinski definition) is 0. The van der Waals surface area contributed by atoms with Crippen molar-refractivity contribution < 1.29 is 0 Å². The van der Waals surface area contributed by atoms with Crippen LogP contribution >= 0.6 is 0 Å². The molecule has 0 atom stereocenters. The maximum Gasteiger partial charge on any atom is 0.0543 e. The molecular weight excluding hydrogens is 689 g/mol. The van der Waals surface area contributed by atoms with Crippen molar-refractivity contribution in [1.29, 1.82) is 0 Å². The van der Waals surface area contributed by atoms with Gasteiger partial charge in [-0.25, -0.2) is 0 Å². The number of para-hydroxylation sites is 3. The fourth-order valence-electron chi connectivity index (χ4n) is 9.86. The zero-order valence-corrected chi connectivity index (χ0v) is 32.5. The molecule has 0 amide bonds. The van der Waals surface area contributed by atoms with Gasteiger partial charge in [-0.1, -0.05) is 135 Å². The molecule has 274 valence electrons. The van der Waals surface area contributed by atoms with Gasteiger partial charge in [0.15, 0.2) is 0 Å². The highest BCUT2D eigenvalue weighted by Gasteiger charge is 2.37. The van der Waals surface area contributed by atoms with Crippen LogP contribution < -0.4 is 4.90 Å². The van der Waals surface area contributed by atoms with Crippen LogP contribution in [0.2, 0.25) is 0 Å². The highest BCUT2D eigenvalue weighted by molar-refractivity contribution is 6.09. The molecule has 0 unspecified atom stereocenters. The molecule has 0 fully saturated rings. The molecule has 0 saturated carbocycles. The highest BCUT2D eigenvalue weighted by atomic mass is 15.1. The van der Waals surface area contributed by atoms with E-state index in [0.29, 0.717) is 0 Å². The number of benzene rings is 8. The Bertz CT molecular complexity index is 2910. The molecule has 0 radical (unpaired) electrons. The number of nitrogens with zero attached hydrogens (tertiary/aromatic N) is 2. The Kier molecular flexibility index (Phi) is 7.83. The van der Waals surface area contributed by atoms with Gasteiger partial charge in [-0.05, 0) is 136 Å². The third-order valence-electron chi connectivity index (χ3n) is 12.8. The topological polar surface area (TPSA) is 8.17 Å². The first-order chi connectivity index (χ1) is 28.0. The Labute approximate surface area is 335 Å². The molecule has 8 aromatic carbocycles. The van der Waals surface area contributed by atoms with Gasteiger partial charge >= 0.3 is 0 Å². The zero-order chi connectivity index (χ0) is 38.1. The standard InChI is InChI=1S/C55H44N2/c1-55(2)50-21-11-8-18-45(50)49-35-48(39-27-24-38(25-28-39)41-29-26-37-14-6-7-15-40(37)34-41)54(36-51(49)55)56(42-16-4-3-5-17-42)43-30-32-44(33-31-43)57-52-22-12-9-19-46(52)47-20-10-13-23-53(47)57/h3-5,8-13,16-36H,6-7,14-15H2,1-2H3. The molecule has 2 aliphatic carbocycles. The van der Waals surface area contributed by atoms with Gasteiger partial charge in [-0.15, -0.1) is 0 Å². The number of hydrogen-bond acceptors (Lipinski definition) is 1. The summed E-state index contributed by atoms with van der Waals surface area (Å²) in [5.41, 5.74) is 20.3. The van der Waals surface area contributed by atoms with E-state index in [2.05, 4.69) is 205 Å². The lowest BCUT2D eigenvalue weighted by atomic mass is 9.81. The number of fused-ring (bicyclic) bond motifs is 7. The largest absolute Gasteiger partial charge is 0.310 e. The summed E-state index contributed by atoms with van der Waals surface area (Å²) in [5.74, 6) is 0. The van der Waals surface area contributed by atoms with E-state index in [1.54, 1.807) is 0 Å². The second kappa shape index (κ2) is 13.2. The Morgan fingerprint density at radius 3 is 1.77 bits per heavy atom. The van der Waals surface area contributed by atoms with E-state index in [9.17, 15) is 0 Å². The molecule has 11 rings (SSSR count). The third-order valence-corrected chi connectivity index (χ3v) is 12.8.